The molecule has 0 radical (unpaired) electrons. The van der Waals surface area contributed by atoms with Crippen LogP contribution >= 0.6 is 0 Å². The van der Waals surface area contributed by atoms with Gasteiger partial charge < -0.3 is 10.6 Å². The molecule has 2 aromatic rings. The summed E-state index contributed by atoms with van der Waals surface area (Å²) >= 11 is 0. The zero-order valence-corrected chi connectivity index (χ0v) is 13.4. The van der Waals surface area contributed by atoms with Crippen molar-refractivity contribution in [3.8, 4) is 0 Å². The summed E-state index contributed by atoms with van der Waals surface area (Å²) in [7, 11) is 0. The molecule has 1 aliphatic heterocycles. The van der Waals surface area contributed by atoms with Gasteiger partial charge in [-0.05, 0) is 62.4 Å². The molecule has 0 saturated heterocycles. The van der Waals surface area contributed by atoms with Crippen LogP contribution in [0.4, 0.5) is 11.4 Å². The Labute approximate surface area is 131 Å². The number of carbonyl (C=O) groups is 1. The monoisotopic (exact) mass is 294 g/mol. The number of hydrogen-bond acceptors (Lipinski definition) is 2. The van der Waals surface area contributed by atoms with Crippen molar-refractivity contribution >= 4 is 17.3 Å². The van der Waals surface area contributed by atoms with Gasteiger partial charge in [-0.1, -0.05) is 23.8 Å². The van der Waals surface area contributed by atoms with E-state index in [2.05, 4.69) is 29.7 Å². The molecule has 0 aliphatic carbocycles. The molecule has 0 spiro atoms. The summed E-state index contributed by atoms with van der Waals surface area (Å²) in [5, 5.41) is 6.48. The molecule has 0 bridgehead atoms. The zero-order chi connectivity index (χ0) is 15.7. The van der Waals surface area contributed by atoms with Gasteiger partial charge in [-0.15, -0.1) is 0 Å². The van der Waals surface area contributed by atoms with Crippen LogP contribution in [-0.4, -0.2) is 12.5 Å². The quantitative estimate of drug-likeness (QED) is 0.870. The van der Waals surface area contributed by atoms with Gasteiger partial charge in [-0.2, -0.15) is 0 Å². The van der Waals surface area contributed by atoms with E-state index in [-0.39, 0.29) is 5.91 Å². The predicted octanol–water partition coefficient (Wildman–Crippen LogP) is 4.22. The fourth-order valence-corrected chi connectivity index (χ4v) is 3.28. The lowest BCUT2D eigenvalue weighted by molar-refractivity contribution is 0.102. The molecule has 1 aliphatic rings. The maximum atomic E-state index is 12.7. The van der Waals surface area contributed by atoms with Gasteiger partial charge in [0, 0.05) is 23.5 Å². The van der Waals surface area contributed by atoms with Crippen LogP contribution in [-0.2, 0) is 6.42 Å². The second kappa shape index (κ2) is 5.84. The Kier molecular flexibility index (Phi) is 3.88. The fraction of sp³-hybridized carbons (Fsp3) is 0.316. The lowest BCUT2D eigenvalue weighted by Gasteiger charge is -2.21. The normalized spacial score (nSPS) is 13.2. The summed E-state index contributed by atoms with van der Waals surface area (Å²) in [4.78, 5) is 12.7. The summed E-state index contributed by atoms with van der Waals surface area (Å²) < 4.78 is 0. The highest BCUT2D eigenvalue weighted by atomic mass is 16.1. The molecular weight excluding hydrogens is 272 g/mol. The van der Waals surface area contributed by atoms with Crippen molar-refractivity contribution in [2.24, 2.45) is 0 Å². The van der Waals surface area contributed by atoms with Crippen LogP contribution < -0.4 is 10.6 Å². The minimum Gasteiger partial charge on any atom is -0.385 e. The van der Waals surface area contributed by atoms with E-state index >= 15 is 0 Å². The zero-order valence-electron chi connectivity index (χ0n) is 13.4. The third kappa shape index (κ3) is 2.71. The number of nitrogens with one attached hydrogen (secondary N) is 2. The highest BCUT2D eigenvalue weighted by Crippen LogP contribution is 2.27. The fourth-order valence-electron chi connectivity index (χ4n) is 3.28. The van der Waals surface area contributed by atoms with E-state index in [1.807, 2.05) is 32.0 Å². The maximum absolute atomic E-state index is 12.7. The van der Waals surface area contributed by atoms with E-state index in [9.17, 15) is 4.79 Å². The molecular formula is C19H22N2O. The van der Waals surface area contributed by atoms with Crippen LogP contribution in [0.5, 0.6) is 0 Å². The Bertz CT molecular complexity index is 711. The number of benzene rings is 2. The summed E-state index contributed by atoms with van der Waals surface area (Å²) in [5.74, 6) is -0.0180. The Hall–Kier alpha value is -2.29. The second-order valence-corrected chi connectivity index (χ2v) is 6.09. The van der Waals surface area contributed by atoms with Gasteiger partial charge in [0.1, 0.15) is 0 Å². The number of rotatable bonds is 2. The highest BCUT2D eigenvalue weighted by molar-refractivity contribution is 6.07. The summed E-state index contributed by atoms with van der Waals surface area (Å²) in [6, 6.07) is 10.1. The van der Waals surface area contributed by atoms with Crippen molar-refractivity contribution in [3.05, 3.63) is 58.1 Å². The van der Waals surface area contributed by atoms with Crippen LogP contribution in [0.1, 0.15) is 39.0 Å². The first-order chi connectivity index (χ1) is 10.6. The molecule has 0 saturated carbocycles. The minimum atomic E-state index is -0.0180. The van der Waals surface area contributed by atoms with Gasteiger partial charge in [0.25, 0.3) is 5.91 Å². The number of anilines is 2. The van der Waals surface area contributed by atoms with Crippen molar-refractivity contribution in [1.82, 2.24) is 0 Å². The number of aryl methyl sites for hydroxylation is 3. The number of carbonyl (C=O) groups excluding carboxylic acids is 1. The van der Waals surface area contributed by atoms with Gasteiger partial charge in [-0.3, -0.25) is 4.79 Å². The van der Waals surface area contributed by atoms with Crippen LogP contribution in [0.2, 0.25) is 0 Å². The molecule has 3 nitrogen and oxygen atoms in total. The lowest BCUT2D eigenvalue weighted by Crippen LogP contribution is -2.20. The van der Waals surface area contributed by atoms with Crippen LogP contribution in [0.15, 0.2) is 30.3 Å². The van der Waals surface area contributed by atoms with E-state index in [0.29, 0.717) is 0 Å². The van der Waals surface area contributed by atoms with Gasteiger partial charge in [0.05, 0.1) is 0 Å². The third-order valence-electron chi connectivity index (χ3n) is 4.26. The second-order valence-electron chi connectivity index (χ2n) is 6.09. The number of hydrogen-bond donors (Lipinski definition) is 2. The van der Waals surface area contributed by atoms with E-state index in [4.69, 9.17) is 0 Å². The Morgan fingerprint density at radius 3 is 2.59 bits per heavy atom. The first-order valence-electron chi connectivity index (χ1n) is 7.81. The largest absolute Gasteiger partial charge is 0.385 e. The standard InChI is InChI=1S/C19H22N2O/c1-12-10-13(2)18(14(3)11-12)21-19(22)16-6-4-8-17-15(16)7-5-9-20-17/h4,6,8,10-11,20H,5,7,9H2,1-3H3,(H,21,22). The van der Waals surface area contributed by atoms with Crippen molar-refractivity contribution in [1.29, 1.82) is 0 Å². The Morgan fingerprint density at radius 2 is 1.86 bits per heavy atom. The molecule has 3 heteroatoms. The van der Waals surface area contributed by atoms with E-state index in [0.717, 1.165) is 53.0 Å². The molecule has 3 rings (SSSR count). The molecule has 0 unspecified atom stereocenters. The van der Waals surface area contributed by atoms with Crippen molar-refractivity contribution in [2.75, 3.05) is 17.2 Å². The van der Waals surface area contributed by atoms with Crippen LogP contribution in [0.3, 0.4) is 0 Å². The van der Waals surface area contributed by atoms with Gasteiger partial charge in [0.15, 0.2) is 0 Å². The Balaban J connectivity index is 1.93. The van der Waals surface area contributed by atoms with Gasteiger partial charge in [-0.25, -0.2) is 0 Å². The molecule has 0 aromatic heterocycles. The average Bonchev–Trinajstić information content (AvgIpc) is 2.50. The SMILES string of the molecule is Cc1cc(C)c(NC(=O)c2cccc3c2CCCN3)c(C)c1. The van der Waals surface area contributed by atoms with E-state index in [1.54, 1.807) is 0 Å². The molecule has 1 amide bonds. The lowest BCUT2D eigenvalue weighted by atomic mass is 9.96. The third-order valence-corrected chi connectivity index (χ3v) is 4.26. The number of fused-ring (bicyclic) bond motifs is 1. The first kappa shape index (κ1) is 14.6. The summed E-state index contributed by atoms with van der Waals surface area (Å²) in [5.41, 5.74) is 7.36. The van der Waals surface area contributed by atoms with Crippen molar-refractivity contribution in [3.63, 3.8) is 0 Å². The first-order valence-corrected chi connectivity index (χ1v) is 7.81. The summed E-state index contributed by atoms with van der Waals surface area (Å²) in [6.07, 6.45) is 2.03. The van der Waals surface area contributed by atoms with E-state index < -0.39 is 0 Å². The maximum Gasteiger partial charge on any atom is 0.256 e. The average molecular weight is 294 g/mol. The smallest absolute Gasteiger partial charge is 0.256 e. The predicted molar refractivity (Wildman–Crippen MR) is 91.9 cm³/mol. The minimum absolute atomic E-state index is 0.0180. The summed E-state index contributed by atoms with van der Waals surface area (Å²) in [6.45, 7) is 7.13. The van der Waals surface area contributed by atoms with E-state index in [1.165, 1.54) is 5.56 Å². The molecule has 0 atom stereocenters. The molecule has 2 N–H and O–H groups in total. The molecule has 2 aromatic carbocycles. The van der Waals surface area contributed by atoms with Crippen LogP contribution in [0, 0.1) is 20.8 Å². The molecule has 22 heavy (non-hydrogen) atoms. The highest BCUT2D eigenvalue weighted by Gasteiger charge is 2.18. The van der Waals surface area contributed by atoms with Crippen molar-refractivity contribution in [2.45, 2.75) is 33.6 Å². The van der Waals surface area contributed by atoms with Crippen molar-refractivity contribution < 1.29 is 4.79 Å². The van der Waals surface area contributed by atoms with Crippen LogP contribution in [0.25, 0.3) is 0 Å². The van der Waals surface area contributed by atoms with Gasteiger partial charge >= 0.3 is 0 Å². The molecule has 1 heterocycles. The number of amides is 1. The van der Waals surface area contributed by atoms with Gasteiger partial charge in [0.2, 0.25) is 0 Å². The topological polar surface area (TPSA) is 41.1 Å². The molecule has 114 valence electrons. The molecule has 0 fully saturated rings. The Morgan fingerprint density at radius 1 is 1.14 bits per heavy atom.